The Morgan fingerprint density at radius 2 is 1.92 bits per heavy atom. The number of hydrogen-bond acceptors (Lipinski definition) is 6. The van der Waals surface area contributed by atoms with Gasteiger partial charge in [0.05, 0.1) is 18.3 Å². The van der Waals surface area contributed by atoms with Crippen molar-refractivity contribution in [1.29, 1.82) is 0 Å². The molecule has 1 aromatic carbocycles. The second-order valence-corrected chi connectivity index (χ2v) is 5.78. The van der Waals surface area contributed by atoms with E-state index in [1.807, 2.05) is 0 Å². The second kappa shape index (κ2) is 7.58. The molecule has 0 atom stereocenters. The molecule has 0 radical (unpaired) electrons. The average molecular weight is 357 g/mol. The zero-order valence-electron chi connectivity index (χ0n) is 12.8. The average Bonchev–Trinajstić information content (AvgIpc) is 3.04. The zero-order chi connectivity index (χ0) is 17.6. The number of rotatable bonds is 5. The van der Waals surface area contributed by atoms with Crippen molar-refractivity contribution < 1.29 is 14.0 Å². The number of hydrogen-bond donors (Lipinski definition) is 2. The largest absolute Gasteiger partial charge is 0.326 e. The lowest BCUT2D eigenvalue weighted by Gasteiger charge is -2.03. The highest BCUT2D eigenvalue weighted by atomic mass is 32.1. The van der Waals surface area contributed by atoms with E-state index in [-0.39, 0.29) is 23.8 Å². The maximum absolute atomic E-state index is 12.8. The number of anilines is 2. The molecule has 3 aromatic rings. The van der Waals surface area contributed by atoms with E-state index in [0.29, 0.717) is 16.5 Å². The number of amides is 2. The molecular formula is C16H12FN5O2S. The van der Waals surface area contributed by atoms with Gasteiger partial charge in [0.2, 0.25) is 5.91 Å². The van der Waals surface area contributed by atoms with Crippen LogP contribution in [-0.4, -0.2) is 26.8 Å². The lowest BCUT2D eigenvalue weighted by molar-refractivity contribution is -0.115. The summed E-state index contributed by atoms with van der Waals surface area (Å²) in [7, 11) is 0. The van der Waals surface area contributed by atoms with Gasteiger partial charge in [0.1, 0.15) is 11.5 Å². The highest BCUT2D eigenvalue weighted by molar-refractivity contribution is 7.14. The number of nitrogens with one attached hydrogen (secondary N) is 2. The summed E-state index contributed by atoms with van der Waals surface area (Å²) in [6.45, 7) is 0. The summed E-state index contributed by atoms with van der Waals surface area (Å²) in [6, 6.07) is 5.47. The molecule has 9 heteroatoms. The van der Waals surface area contributed by atoms with Crippen LogP contribution in [0.2, 0.25) is 0 Å². The zero-order valence-corrected chi connectivity index (χ0v) is 13.6. The van der Waals surface area contributed by atoms with Crippen LogP contribution < -0.4 is 10.6 Å². The van der Waals surface area contributed by atoms with Crippen LogP contribution >= 0.6 is 11.3 Å². The quantitative estimate of drug-likeness (QED) is 0.731. The number of nitrogens with zero attached hydrogens (tertiary/aromatic N) is 3. The molecule has 0 saturated heterocycles. The maximum atomic E-state index is 12.8. The van der Waals surface area contributed by atoms with Gasteiger partial charge < -0.3 is 5.32 Å². The van der Waals surface area contributed by atoms with Gasteiger partial charge in [-0.1, -0.05) is 0 Å². The fraction of sp³-hybridized carbons (Fsp3) is 0.0625. The maximum Gasteiger partial charge on any atom is 0.277 e. The van der Waals surface area contributed by atoms with Crippen molar-refractivity contribution in [1.82, 2.24) is 15.0 Å². The summed E-state index contributed by atoms with van der Waals surface area (Å²) in [5, 5.41) is 7.29. The van der Waals surface area contributed by atoms with Gasteiger partial charge in [-0.2, -0.15) is 0 Å². The van der Waals surface area contributed by atoms with Crippen molar-refractivity contribution in [2.45, 2.75) is 6.42 Å². The molecule has 0 bridgehead atoms. The Morgan fingerprint density at radius 3 is 2.64 bits per heavy atom. The number of carbonyl (C=O) groups excluding carboxylic acids is 2. The van der Waals surface area contributed by atoms with Gasteiger partial charge in [-0.25, -0.2) is 14.4 Å². The van der Waals surface area contributed by atoms with Gasteiger partial charge in [0.25, 0.3) is 5.91 Å². The third-order valence-electron chi connectivity index (χ3n) is 3.04. The predicted octanol–water partition coefficient (Wildman–Crippen LogP) is 2.51. The number of carbonyl (C=O) groups is 2. The smallest absolute Gasteiger partial charge is 0.277 e. The normalized spacial score (nSPS) is 10.3. The van der Waals surface area contributed by atoms with Crippen molar-refractivity contribution >= 4 is 34.0 Å². The minimum Gasteiger partial charge on any atom is -0.326 e. The predicted molar refractivity (Wildman–Crippen MR) is 90.8 cm³/mol. The monoisotopic (exact) mass is 357 g/mol. The molecule has 0 aliphatic carbocycles. The first kappa shape index (κ1) is 16.7. The number of halogens is 1. The summed E-state index contributed by atoms with van der Waals surface area (Å²) in [4.78, 5) is 35.8. The molecule has 0 unspecified atom stereocenters. The molecule has 0 fully saturated rings. The highest BCUT2D eigenvalue weighted by Gasteiger charge is 2.12. The Bertz CT molecular complexity index is 883. The summed E-state index contributed by atoms with van der Waals surface area (Å²) in [5.41, 5.74) is 1.19. The van der Waals surface area contributed by atoms with Crippen LogP contribution in [0.4, 0.5) is 15.2 Å². The fourth-order valence-corrected chi connectivity index (χ4v) is 2.63. The van der Waals surface area contributed by atoms with Crippen LogP contribution in [0.25, 0.3) is 0 Å². The first-order chi connectivity index (χ1) is 12.1. The molecule has 0 aliphatic rings. The number of thiazole rings is 1. The summed E-state index contributed by atoms with van der Waals surface area (Å²) < 4.78 is 12.8. The van der Waals surface area contributed by atoms with E-state index in [9.17, 15) is 14.0 Å². The second-order valence-electron chi connectivity index (χ2n) is 4.92. The van der Waals surface area contributed by atoms with Crippen molar-refractivity contribution in [3.05, 3.63) is 65.4 Å². The molecule has 126 valence electrons. The standard InChI is InChI=1S/C16H12FN5O2S/c17-10-1-3-11(4-2-10)20-14(23)7-12-9-25-16(21-12)22-15(24)13-8-18-5-6-19-13/h1-6,8-9H,7H2,(H,20,23)(H,21,22,24). The summed E-state index contributed by atoms with van der Waals surface area (Å²) >= 11 is 1.20. The Morgan fingerprint density at radius 1 is 1.12 bits per heavy atom. The summed E-state index contributed by atoms with van der Waals surface area (Å²) in [5.74, 6) is -1.09. The van der Waals surface area contributed by atoms with Crippen LogP contribution in [0, 0.1) is 5.82 Å². The lowest BCUT2D eigenvalue weighted by Crippen LogP contribution is -2.15. The van der Waals surface area contributed by atoms with Gasteiger partial charge in [-0.15, -0.1) is 11.3 Å². The Labute approximate surface area is 146 Å². The van der Waals surface area contributed by atoms with E-state index >= 15 is 0 Å². The number of benzene rings is 1. The summed E-state index contributed by atoms with van der Waals surface area (Å²) in [6.07, 6.45) is 4.27. The van der Waals surface area contributed by atoms with Crippen LogP contribution in [-0.2, 0) is 11.2 Å². The van der Waals surface area contributed by atoms with Crippen LogP contribution in [0.1, 0.15) is 16.2 Å². The Hall–Kier alpha value is -3.20. The topological polar surface area (TPSA) is 96.9 Å². The van der Waals surface area contributed by atoms with Gasteiger partial charge in [-0.05, 0) is 24.3 Å². The molecule has 0 saturated carbocycles. The Balaban J connectivity index is 1.57. The van der Waals surface area contributed by atoms with Crippen LogP contribution in [0.3, 0.4) is 0 Å². The molecule has 25 heavy (non-hydrogen) atoms. The molecule has 0 aliphatic heterocycles. The molecule has 2 aromatic heterocycles. The molecule has 2 N–H and O–H groups in total. The van der Waals surface area contributed by atoms with E-state index in [2.05, 4.69) is 25.6 Å². The molecule has 2 heterocycles. The SMILES string of the molecule is O=C(Cc1csc(NC(=O)c2cnccn2)n1)Nc1ccc(F)cc1. The molecular weight excluding hydrogens is 345 g/mol. The third kappa shape index (κ3) is 4.64. The van der Waals surface area contributed by atoms with Gasteiger partial charge in [-0.3, -0.25) is 19.9 Å². The van der Waals surface area contributed by atoms with Crippen molar-refractivity contribution in [2.24, 2.45) is 0 Å². The van der Waals surface area contributed by atoms with E-state index < -0.39 is 5.91 Å². The van der Waals surface area contributed by atoms with E-state index in [1.54, 1.807) is 5.38 Å². The van der Waals surface area contributed by atoms with Crippen molar-refractivity contribution in [2.75, 3.05) is 10.6 Å². The minimum absolute atomic E-state index is 0.0366. The first-order valence-corrected chi connectivity index (χ1v) is 8.05. The van der Waals surface area contributed by atoms with Gasteiger partial charge >= 0.3 is 0 Å². The van der Waals surface area contributed by atoms with Crippen LogP contribution in [0.5, 0.6) is 0 Å². The molecule has 0 spiro atoms. The van der Waals surface area contributed by atoms with Gasteiger partial charge in [0.15, 0.2) is 5.13 Å². The van der Waals surface area contributed by atoms with E-state index in [4.69, 9.17) is 0 Å². The fourth-order valence-electron chi connectivity index (χ4n) is 1.93. The van der Waals surface area contributed by atoms with E-state index in [1.165, 1.54) is 54.2 Å². The minimum atomic E-state index is -0.426. The Kier molecular flexibility index (Phi) is 5.05. The molecule has 7 nitrogen and oxygen atoms in total. The van der Waals surface area contributed by atoms with Crippen LogP contribution in [0.15, 0.2) is 48.2 Å². The lowest BCUT2D eigenvalue weighted by atomic mass is 10.3. The molecule has 3 rings (SSSR count). The van der Waals surface area contributed by atoms with Crippen molar-refractivity contribution in [3.63, 3.8) is 0 Å². The van der Waals surface area contributed by atoms with E-state index in [0.717, 1.165) is 0 Å². The number of aromatic nitrogens is 3. The highest BCUT2D eigenvalue weighted by Crippen LogP contribution is 2.17. The first-order valence-electron chi connectivity index (χ1n) is 7.17. The third-order valence-corrected chi connectivity index (χ3v) is 3.84. The molecule has 2 amide bonds. The van der Waals surface area contributed by atoms with Crippen molar-refractivity contribution in [3.8, 4) is 0 Å². The van der Waals surface area contributed by atoms with Gasteiger partial charge in [0, 0.05) is 23.5 Å².